The van der Waals surface area contributed by atoms with Crippen molar-refractivity contribution < 1.29 is 17.5 Å². The van der Waals surface area contributed by atoms with Gasteiger partial charge in [-0.2, -0.15) is 0 Å². The molecule has 0 radical (unpaired) electrons. The molecule has 1 saturated heterocycles. The minimum atomic E-state index is -3.29. The molecule has 1 heterocycles. The van der Waals surface area contributed by atoms with Gasteiger partial charge in [-0.15, -0.1) is 0 Å². The maximum atomic E-state index is 13.5. The Kier molecular flexibility index (Phi) is 6.31. The van der Waals surface area contributed by atoms with Crippen molar-refractivity contribution in [3.8, 4) is 0 Å². The Hall–Kier alpha value is -1.02. The molecular weight excluding hydrogens is 307 g/mol. The predicted octanol–water partition coefficient (Wildman–Crippen LogP) is 1.53. The fourth-order valence-electron chi connectivity index (χ4n) is 2.61. The summed E-state index contributed by atoms with van der Waals surface area (Å²) >= 11 is 0. The molecule has 1 aliphatic heterocycles. The lowest BCUT2D eigenvalue weighted by molar-refractivity contribution is 0.0171. The molecule has 1 aromatic rings. The van der Waals surface area contributed by atoms with E-state index in [2.05, 4.69) is 9.62 Å². The summed E-state index contributed by atoms with van der Waals surface area (Å²) in [5, 5.41) is 0. The Balaban J connectivity index is 2.14. The molecule has 1 unspecified atom stereocenters. The van der Waals surface area contributed by atoms with E-state index in [1.807, 2.05) is 13.0 Å². The zero-order chi connectivity index (χ0) is 16.0. The predicted molar refractivity (Wildman–Crippen MR) is 83.6 cm³/mol. The number of rotatable bonds is 7. The number of sulfonamides is 1. The van der Waals surface area contributed by atoms with Crippen LogP contribution in [0.3, 0.4) is 0 Å². The van der Waals surface area contributed by atoms with E-state index in [9.17, 15) is 12.8 Å². The molecule has 0 aromatic heterocycles. The number of hydrogen-bond donors (Lipinski definition) is 1. The highest BCUT2D eigenvalue weighted by Gasteiger charge is 2.24. The number of hydrogen-bond acceptors (Lipinski definition) is 4. The molecule has 0 aliphatic carbocycles. The number of benzene rings is 1. The highest BCUT2D eigenvalue weighted by Crippen LogP contribution is 2.22. The minimum Gasteiger partial charge on any atom is -0.379 e. The van der Waals surface area contributed by atoms with Crippen molar-refractivity contribution in [1.29, 1.82) is 0 Å². The van der Waals surface area contributed by atoms with Gasteiger partial charge < -0.3 is 4.74 Å². The first-order chi connectivity index (χ1) is 10.5. The molecule has 7 heteroatoms. The summed E-state index contributed by atoms with van der Waals surface area (Å²) in [7, 11) is -3.29. The molecule has 0 amide bonds. The maximum absolute atomic E-state index is 13.5. The Morgan fingerprint density at radius 1 is 1.36 bits per heavy atom. The molecule has 124 valence electrons. The van der Waals surface area contributed by atoms with Crippen LogP contribution in [0.1, 0.15) is 24.9 Å². The van der Waals surface area contributed by atoms with E-state index < -0.39 is 10.0 Å². The van der Waals surface area contributed by atoms with Crippen molar-refractivity contribution in [3.05, 3.63) is 35.6 Å². The smallest absolute Gasteiger partial charge is 0.211 e. The Morgan fingerprint density at radius 2 is 2.09 bits per heavy atom. The van der Waals surface area contributed by atoms with E-state index in [4.69, 9.17) is 4.74 Å². The molecule has 1 fully saturated rings. The molecule has 5 nitrogen and oxygen atoms in total. The van der Waals surface area contributed by atoms with Gasteiger partial charge in [-0.3, -0.25) is 4.90 Å². The molecule has 2 rings (SSSR count). The molecule has 1 aliphatic rings. The molecule has 1 aromatic carbocycles. The van der Waals surface area contributed by atoms with Gasteiger partial charge in [-0.1, -0.05) is 19.1 Å². The summed E-state index contributed by atoms with van der Waals surface area (Å²) in [5.74, 6) is -0.210. The molecule has 1 atom stereocenters. The summed E-state index contributed by atoms with van der Waals surface area (Å²) < 4.78 is 45.3. The molecule has 0 bridgehead atoms. The fraction of sp³-hybridized carbons (Fsp3) is 0.600. The van der Waals surface area contributed by atoms with Crippen LogP contribution in [0.2, 0.25) is 0 Å². The van der Waals surface area contributed by atoms with E-state index in [-0.39, 0.29) is 24.2 Å². The number of morpholine rings is 1. The molecule has 1 N–H and O–H groups in total. The van der Waals surface area contributed by atoms with Crippen molar-refractivity contribution in [3.63, 3.8) is 0 Å². The third-order valence-electron chi connectivity index (χ3n) is 3.69. The Morgan fingerprint density at radius 3 is 2.73 bits per heavy atom. The Labute approximate surface area is 131 Å². The average molecular weight is 330 g/mol. The molecular formula is C15H23FN2O3S. The first-order valence-electron chi connectivity index (χ1n) is 7.56. The quantitative estimate of drug-likeness (QED) is 0.824. The molecule has 22 heavy (non-hydrogen) atoms. The van der Waals surface area contributed by atoms with Crippen LogP contribution in [0.15, 0.2) is 24.3 Å². The minimum absolute atomic E-state index is 0.103. The number of nitrogens with one attached hydrogen (secondary N) is 1. The van der Waals surface area contributed by atoms with Gasteiger partial charge in [0.2, 0.25) is 10.0 Å². The summed E-state index contributed by atoms with van der Waals surface area (Å²) in [6.07, 6.45) is 0.567. The topological polar surface area (TPSA) is 58.6 Å². The third-order valence-corrected chi connectivity index (χ3v) is 5.24. The normalized spacial score (nSPS) is 18.3. The van der Waals surface area contributed by atoms with Gasteiger partial charge in [0, 0.05) is 25.7 Å². The van der Waals surface area contributed by atoms with Gasteiger partial charge >= 0.3 is 0 Å². The SMILES string of the molecule is CCCS(=O)(=O)NCC(c1cccc(F)c1)N1CCOCC1. The zero-order valence-electron chi connectivity index (χ0n) is 12.8. The van der Waals surface area contributed by atoms with Crippen LogP contribution >= 0.6 is 0 Å². The third kappa shape index (κ3) is 5.01. The van der Waals surface area contributed by atoms with Crippen molar-refractivity contribution >= 4 is 10.0 Å². The van der Waals surface area contributed by atoms with E-state index in [1.165, 1.54) is 12.1 Å². The van der Waals surface area contributed by atoms with Gasteiger partial charge in [-0.05, 0) is 24.1 Å². The lowest BCUT2D eigenvalue weighted by Crippen LogP contribution is -2.44. The number of nitrogens with zero attached hydrogens (tertiary/aromatic N) is 1. The maximum Gasteiger partial charge on any atom is 0.211 e. The van der Waals surface area contributed by atoms with Crippen LogP contribution in [-0.4, -0.2) is 51.9 Å². The van der Waals surface area contributed by atoms with Crippen LogP contribution < -0.4 is 4.72 Å². The standard InChI is InChI=1S/C15H23FN2O3S/c1-2-10-22(19,20)17-12-15(18-6-8-21-9-7-18)13-4-3-5-14(16)11-13/h3-5,11,15,17H,2,6-10,12H2,1H3. The van der Waals surface area contributed by atoms with E-state index in [0.717, 1.165) is 5.56 Å². The summed E-state index contributed by atoms with van der Waals surface area (Å²) in [6, 6.07) is 6.15. The van der Waals surface area contributed by atoms with Gasteiger partial charge in [-0.25, -0.2) is 17.5 Å². The van der Waals surface area contributed by atoms with Gasteiger partial charge in [0.25, 0.3) is 0 Å². The van der Waals surface area contributed by atoms with E-state index in [0.29, 0.717) is 32.7 Å². The van der Waals surface area contributed by atoms with Crippen molar-refractivity contribution in [1.82, 2.24) is 9.62 Å². The van der Waals surface area contributed by atoms with E-state index in [1.54, 1.807) is 6.07 Å². The van der Waals surface area contributed by atoms with Crippen LogP contribution in [-0.2, 0) is 14.8 Å². The van der Waals surface area contributed by atoms with Crippen LogP contribution in [0.4, 0.5) is 4.39 Å². The lowest BCUT2D eigenvalue weighted by Gasteiger charge is -2.34. The van der Waals surface area contributed by atoms with Crippen LogP contribution in [0.5, 0.6) is 0 Å². The fourth-order valence-corrected chi connectivity index (χ4v) is 3.70. The highest BCUT2D eigenvalue weighted by molar-refractivity contribution is 7.89. The largest absolute Gasteiger partial charge is 0.379 e. The first kappa shape index (κ1) is 17.3. The zero-order valence-corrected chi connectivity index (χ0v) is 13.6. The Bertz CT molecular complexity index is 574. The first-order valence-corrected chi connectivity index (χ1v) is 9.21. The van der Waals surface area contributed by atoms with Gasteiger partial charge in [0.05, 0.1) is 19.0 Å². The summed E-state index contributed by atoms with van der Waals surface area (Å²) in [4.78, 5) is 2.13. The van der Waals surface area contributed by atoms with Crippen LogP contribution in [0.25, 0.3) is 0 Å². The molecule has 0 spiro atoms. The number of halogens is 1. The van der Waals surface area contributed by atoms with Gasteiger partial charge in [0.15, 0.2) is 0 Å². The van der Waals surface area contributed by atoms with Gasteiger partial charge in [0.1, 0.15) is 5.82 Å². The lowest BCUT2D eigenvalue weighted by atomic mass is 10.0. The van der Waals surface area contributed by atoms with E-state index >= 15 is 0 Å². The van der Waals surface area contributed by atoms with Crippen molar-refractivity contribution in [2.75, 3.05) is 38.6 Å². The van der Waals surface area contributed by atoms with Crippen molar-refractivity contribution in [2.45, 2.75) is 19.4 Å². The van der Waals surface area contributed by atoms with Crippen molar-refractivity contribution in [2.24, 2.45) is 0 Å². The number of ether oxygens (including phenoxy) is 1. The highest BCUT2D eigenvalue weighted by atomic mass is 32.2. The second kappa shape index (κ2) is 8.01. The second-order valence-corrected chi connectivity index (χ2v) is 7.31. The summed E-state index contributed by atoms with van der Waals surface area (Å²) in [6.45, 7) is 4.69. The molecule has 0 saturated carbocycles. The second-order valence-electron chi connectivity index (χ2n) is 5.39. The average Bonchev–Trinajstić information content (AvgIpc) is 2.48. The summed E-state index contributed by atoms with van der Waals surface area (Å²) in [5.41, 5.74) is 0.779. The van der Waals surface area contributed by atoms with Crippen LogP contribution in [0, 0.1) is 5.82 Å². The monoisotopic (exact) mass is 330 g/mol.